The standard InChI is InChI=1S/C22H23NO6S/c1-12-6-8-17(9-7-12)30(26,27)23-16(5)22(25)29-19-11-13(2)10-18-20(19)14(3)15(4)21(24)28-18/h6-11,16,23H,1-5H3. The second-order valence-corrected chi connectivity index (χ2v) is 9.07. The van der Waals surface area contributed by atoms with E-state index in [1.54, 1.807) is 45.0 Å². The molecule has 3 aromatic rings. The lowest BCUT2D eigenvalue weighted by atomic mass is 10.0. The topological polar surface area (TPSA) is 103 Å². The Morgan fingerprint density at radius 1 is 1.00 bits per heavy atom. The van der Waals surface area contributed by atoms with Crippen molar-refractivity contribution in [3.63, 3.8) is 0 Å². The highest BCUT2D eigenvalue weighted by Gasteiger charge is 2.25. The van der Waals surface area contributed by atoms with Gasteiger partial charge in [-0.25, -0.2) is 18.0 Å². The maximum absolute atomic E-state index is 12.7. The van der Waals surface area contributed by atoms with Gasteiger partial charge < -0.3 is 9.15 Å². The third kappa shape index (κ3) is 4.29. The van der Waals surface area contributed by atoms with E-state index in [0.717, 1.165) is 11.1 Å². The Morgan fingerprint density at radius 2 is 1.63 bits per heavy atom. The lowest BCUT2D eigenvalue weighted by Gasteiger charge is -2.16. The molecule has 3 rings (SSSR count). The average Bonchev–Trinajstić information content (AvgIpc) is 2.65. The molecular weight excluding hydrogens is 406 g/mol. The van der Waals surface area contributed by atoms with Crippen LogP contribution in [-0.2, 0) is 14.8 Å². The van der Waals surface area contributed by atoms with Crippen molar-refractivity contribution in [1.82, 2.24) is 4.72 Å². The van der Waals surface area contributed by atoms with E-state index in [-0.39, 0.29) is 10.6 Å². The SMILES string of the molecule is Cc1ccc(S(=O)(=O)NC(C)C(=O)Oc2cc(C)cc3oc(=O)c(C)c(C)c23)cc1. The molecule has 1 N–H and O–H groups in total. The highest BCUT2D eigenvalue weighted by Crippen LogP contribution is 2.31. The monoisotopic (exact) mass is 429 g/mol. The fraction of sp³-hybridized carbons (Fsp3) is 0.273. The number of benzene rings is 2. The second kappa shape index (κ2) is 8.04. The molecule has 30 heavy (non-hydrogen) atoms. The van der Waals surface area contributed by atoms with Crippen LogP contribution in [0.1, 0.15) is 29.2 Å². The predicted molar refractivity (Wildman–Crippen MR) is 113 cm³/mol. The Kier molecular flexibility index (Phi) is 5.83. The van der Waals surface area contributed by atoms with Crippen LogP contribution in [0.2, 0.25) is 0 Å². The molecule has 0 aliphatic carbocycles. The maximum atomic E-state index is 12.7. The van der Waals surface area contributed by atoms with Crippen LogP contribution >= 0.6 is 0 Å². The third-order valence-corrected chi connectivity index (χ3v) is 6.44. The highest BCUT2D eigenvalue weighted by molar-refractivity contribution is 7.89. The van der Waals surface area contributed by atoms with Gasteiger partial charge in [-0.3, -0.25) is 0 Å². The average molecular weight is 429 g/mol. The van der Waals surface area contributed by atoms with Crippen molar-refractivity contribution in [3.05, 3.63) is 69.1 Å². The van der Waals surface area contributed by atoms with Crippen molar-refractivity contribution in [2.45, 2.75) is 45.6 Å². The van der Waals surface area contributed by atoms with Gasteiger partial charge in [0.05, 0.1) is 10.3 Å². The molecule has 0 radical (unpaired) electrons. The van der Waals surface area contributed by atoms with E-state index >= 15 is 0 Å². The van der Waals surface area contributed by atoms with Gasteiger partial charge in [-0.1, -0.05) is 17.7 Å². The molecule has 158 valence electrons. The van der Waals surface area contributed by atoms with Gasteiger partial charge in [-0.05, 0) is 70.0 Å². The largest absolute Gasteiger partial charge is 0.425 e. The van der Waals surface area contributed by atoms with Crippen LogP contribution in [0, 0.1) is 27.7 Å². The summed E-state index contributed by atoms with van der Waals surface area (Å²) in [4.78, 5) is 24.7. The summed E-state index contributed by atoms with van der Waals surface area (Å²) in [6.45, 7) is 8.40. The van der Waals surface area contributed by atoms with E-state index in [1.807, 2.05) is 6.92 Å². The minimum absolute atomic E-state index is 0.0574. The first-order valence-corrected chi connectivity index (χ1v) is 10.8. The Labute approximate surface area is 174 Å². The van der Waals surface area contributed by atoms with Crippen LogP contribution in [0.25, 0.3) is 11.0 Å². The Balaban J connectivity index is 1.90. The Bertz CT molecular complexity index is 1290. The normalized spacial score (nSPS) is 12.7. The predicted octanol–water partition coefficient (Wildman–Crippen LogP) is 3.30. The quantitative estimate of drug-likeness (QED) is 0.379. The minimum atomic E-state index is -3.90. The van der Waals surface area contributed by atoms with E-state index in [0.29, 0.717) is 22.1 Å². The Morgan fingerprint density at radius 3 is 2.27 bits per heavy atom. The molecule has 0 aliphatic heterocycles. The number of ether oxygens (including phenoxy) is 1. The molecule has 1 unspecified atom stereocenters. The number of fused-ring (bicyclic) bond motifs is 1. The molecule has 0 amide bonds. The number of esters is 1. The summed E-state index contributed by atoms with van der Waals surface area (Å²) >= 11 is 0. The number of rotatable bonds is 5. The molecule has 0 spiro atoms. The summed E-state index contributed by atoms with van der Waals surface area (Å²) in [5, 5.41) is 0.500. The molecule has 2 aromatic carbocycles. The molecular formula is C22H23NO6S. The number of carbonyl (C=O) groups is 1. The zero-order chi connectivity index (χ0) is 22.2. The first-order valence-electron chi connectivity index (χ1n) is 9.35. The van der Waals surface area contributed by atoms with Crippen LogP contribution in [0.15, 0.2) is 50.5 Å². The number of hydrogen-bond donors (Lipinski definition) is 1. The van der Waals surface area contributed by atoms with Crippen molar-refractivity contribution in [3.8, 4) is 5.75 Å². The molecule has 0 saturated carbocycles. The van der Waals surface area contributed by atoms with Crippen LogP contribution in [0.5, 0.6) is 5.75 Å². The molecule has 0 saturated heterocycles. The molecule has 1 aromatic heterocycles. The van der Waals surface area contributed by atoms with Crippen molar-refractivity contribution >= 4 is 27.0 Å². The van der Waals surface area contributed by atoms with Gasteiger partial charge in [0.2, 0.25) is 10.0 Å². The number of nitrogens with one attached hydrogen (secondary N) is 1. The van der Waals surface area contributed by atoms with Crippen molar-refractivity contribution in [2.75, 3.05) is 0 Å². The summed E-state index contributed by atoms with van der Waals surface area (Å²) in [6, 6.07) is 8.49. The molecule has 1 heterocycles. The van der Waals surface area contributed by atoms with E-state index in [9.17, 15) is 18.0 Å². The highest BCUT2D eigenvalue weighted by atomic mass is 32.2. The minimum Gasteiger partial charge on any atom is -0.425 e. The zero-order valence-corrected chi connectivity index (χ0v) is 18.2. The van der Waals surface area contributed by atoms with Gasteiger partial charge in [0.15, 0.2) is 0 Å². The zero-order valence-electron chi connectivity index (χ0n) is 17.4. The number of hydrogen-bond acceptors (Lipinski definition) is 6. The van der Waals surface area contributed by atoms with Gasteiger partial charge >= 0.3 is 11.6 Å². The van der Waals surface area contributed by atoms with Gasteiger partial charge in [0.1, 0.15) is 17.4 Å². The fourth-order valence-corrected chi connectivity index (χ4v) is 4.22. The van der Waals surface area contributed by atoms with Crippen molar-refractivity contribution < 1.29 is 22.4 Å². The van der Waals surface area contributed by atoms with E-state index < -0.39 is 27.7 Å². The molecule has 0 bridgehead atoms. The summed E-state index contributed by atoms with van der Waals surface area (Å²) in [6.07, 6.45) is 0. The van der Waals surface area contributed by atoms with E-state index in [1.165, 1.54) is 19.1 Å². The third-order valence-electron chi connectivity index (χ3n) is 4.88. The molecule has 8 heteroatoms. The van der Waals surface area contributed by atoms with Gasteiger partial charge in [-0.15, -0.1) is 0 Å². The van der Waals surface area contributed by atoms with Gasteiger partial charge in [-0.2, -0.15) is 4.72 Å². The van der Waals surface area contributed by atoms with Gasteiger partial charge in [0.25, 0.3) is 0 Å². The smallest absolute Gasteiger partial charge is 0.339 e. The number of sulfonamides is 1. The second-order valence-electron chi connectivity index (χ2n) is 7.35. The van der Waals surface area contributed by atoms with Crippen LogP contribution in [-0.4, -0.2) is 20.4 Å². The number of aryl methyl sites for hydroxylation is 3. The molecule has 7 nitrogen and oxygen atoms in total. The lowest BCUT2D eigenvalue weighted by Crippen LogP contribution is -2.40. The first kappa shape index (κ1) is 21.7. The van der Waals surface area contributed by atoms with Crippen molar-refractivity contribution in [2.24, 2.45) is 0 Å². The summed E-state index contributed by atoms with van der Waals surface area (Å²) < 4.78 is 38.3. The summed E-state index contributed by atoms with van der Waals surface area (Å²) in [5.41, 5.74) is 2.55. The summed E-state index contributed by atoms with van der Waals surface area (Å²) in [7, 11) is -3.90. The van der Waals surface area contributed by atoms with Crippen LogP contribution in [0.4, 0.5) is 0 Å². The lowest BCUT2D eigenvalue weighted by molar-refractivity contribution is -0.135. The van der Waals surface area contributed by atoms with E-state index in [2.05, 4.69) is 4.72 Å². The van der Waals surface area contributed by atoms with E-state index in [4.69, 9.17) is 9.15 Å². The van der Waals surface area contributed by atoms with Crippen molar-refractivity contribution in [1.29, 1.82) is 0 Å². The number of carbonyl (C=O) groups excluding carboxylic acids is 1. The molecule has 0 fully saturated rings. The molecule has 1 atom stereocenters. The maximum Gasteiger partial charge on any atom is 0.339 e. The summed E-state index contributed by atoms with van der Waals surface area (Å²) in [5.74, 6) is -0.568. The van der Waals surface area contributed by atoms with Crippen LogP contribution < -0.4 is 15.1 Å². The first-order chi connectivity index (χ1) is 14.0. The van der Waals surface area contributed by atoms with Gasteiger partial charge in [0, 0.05) is 5.56 Å². The Hall–Kier alpha value is -2.97. The molecule has 0 aliphatic rings. The van der Waals surface area contributed by atoms with Crippen LogP contribution in [0.3, 0.4) is 0 Å². The fourth-order valence-electron chi connectivity index (χ4n) is 3.03.